The van der Waals surface area contributed by atoms with Crippen LogP contribution >= 0.6 is 23.4 Å². The molecule has 0 N–H and O–H groups in total. The third-order valence-electron chi connectivity index (χ3n) is 3.75. The molecule has 3 nitrogen and oxygen atoms in total. The molecule has 1 aliphatic rings. The molecule has 0 aromatic heterocycles. The summed E-state index contributed by atoms with van der Waals surface area (Å²) in [5.41, 5.74) is 1.03. The number of carbonyl (C=O) groups excluding carboxylic acids is 1. The topological polar surface area (TPSA) is 23.6 Å². The zero-order valence-electron chi connectivity index (χ0n) is 13.9. The molecule has 1 atom stereocenters. The van der Waals surface area contributed by atoms with E-state index in [0.717, 1.165) is 36.0 Å². The van der Waals surface area contributed by atoms with Gasteiger partial charge in [0.25, 0.3) is 0 Å². The van der Waals surface area contributed by atoms with Gasteiger partial charge < -0.3 is 4.90 Å². The predicted molar refractivity (Wildman–Crippen MR) is 99.8 cm³/mol. The number of hydrogen-bond donors (Lipinski definition) is 0. The van der Waals surface area contributed by atoms with E-state index < -0.39 is 0 Å². The molecule has 2 rings (SSSR count). The first-order valence-electron chi connectivity index (χ1n) is 8.01. The summed E-state index contributed by atoms with van der Waals surface area (Å²) in [6.07, 6.45) is 1.86. The van der Waals surface area contributed by atoms with E-state index >= 15 is 0 Å². The third-order valence-corrected chi connectivity index (χ3v) is 5.34. The van der Waals surface area contributed by atoms with Crippen molar-refractivity contribution in [2.45, 2.75) is 19.2 Å². The monoisotopic (exact) mass is 352 g/mol. The molecule has 1 saturated heterocycles. The van der Waals surface area contributed by atoms with E-state index in [2.05, 4.69) is 25.3 Å². The summed E-state index contributed by atoms with van der Waals surface area (Å²) in [6, 6.07) is 7.81. The van der Waals surface area contributed by atoms with Crippen LogP contribution in [0.2, 0.25) is 5.02 Å². The van der Waals surface area contributed by atoms with Crippen LogP contribution in [0.1, 0.15) is 24.8 Å². The van der Waals surface area contributed by atoms with Crippen LogP contribution in [0.3, 0.4) is 0 Å². The summed E-state index contributed by atoms with van der Waals surface area (Å²) < 4.78 is 0. The molecule has 0 aliphatic carbocycles. The molecule has 23 heavy (non-hydrogen) atoms. The van der Waals surface area contributed by atoms with Gasteiger partial charge in [-0.15, -0.1) is 18.3 Å². The number of amides is 1. The molecule has 0 unspecified atom stereocenters. The van der Waals surface area contributed by atoms with Gasteiger partial charge in [-0.1, -0.05) is 49.7 Å². The highest BCUT2D eigenvalue weighted by Gasteiger charge is 2.32. The van der Waals surface area contributed by atoms with Crippen molar-refractivity contribution in [2.24, 2.45) is 5.92 Å². The lowest BCUT2D eigenvalue weighted by Gasteiger charge is -2.29. The van der Waals surface area contributed by atoms with Crippen LogP contribution in [0.25, 0.3) is 0 Å². The van der Waals surface area contributed by atoms with Gasteiger partial charge in [0.1, 0.15) is 5.37 Å². The number of hydrogen-bond acceptors (Lipinski definition) is 3. The lowest BCUT2D eigenvalue weighted by atomic mass is 10.2. The Morgan fingerprint density at radius 2 is 2.26 bits per heavy atom. The first kappa shape index (κ1) is 18.4. The van der Waals surface area contributed by atoms with E-state index in [9.17, 15) is 4.79 Å². The van der Waals surface area contributed by atoms with E-state index in [1.54, 1.807) is 11.8 Å². The number of rotatable bonds is 7. The SMILES string of the molecule is C=CCN(CC(=O)N1CCS[C@@H]1c1ccccc1Cl)CC(C)C. The molecule has 1 fully saturated rings. The molecular formula is C18H25ClN2OS. The van der Waals surface area contributed by atoms with Crippen LogP contribution in [0.4, 0.5) is 0 Å². The van der Waals surface area contributed by atoms with Crippen molar-refractivity contribution >= 4 is 29.3 Å². The first-order chi connectivity index (χ1) is 11.0. The molecule has 1 aliphatic heterocycles. The van der Waals surface area contributed by atoms with Crippen LogP contribution in [0.15, 0.2) is 36.9 Å². The number of nitrogens with zero attached hydrogens (tertiary/aromatic N) is 2. The van der Waals surface area contributed by atoms with Gasteiger partial charge >= 0.3 is 0 Å². The summed E-state index contributed by atoms with van der Waals surface area (Å²) in [5.74, 6) is 1.64. The van der Waals surface area contributed by atoms with Crippen molar-refractivity contribution in [3.8, 4) is 0 Å². The summed E-state index contributed by atoms with van der Waals surface area (Å²) in [5, 5.41) is 0.760. The zero-order chi connectivity index (χ0) is 16.8. The lowest BCUT2D eigenvalue weighted by Crippen LogP contribution is -2.41. The molecule has 1 amide bonds. The molecule has 1 heterocycles. The molecule has 5 heteroatoms. The minimum absolute atomic E-state index is 0.0285. The standard InChI is InChI=1S/C18H25ClN2OS/c1-4-9-20(12-14(2)3)13-17(22)21-10-11-23-18(21)15-7-5-6-8-16(15)19/h4-8,14,18H,1,9-13H2,2-3H3/t18-/m1/s1. The second-order valence-electron chi connectivity index (χ2n) is 6.21. The minimum atomic E-state index is 0.0285. The summed E-state index contributed by atoms with van der Waals surface area (Å²) in [6.45, 7) is 11.0. The predicted octanol–water partition coefficient (Wildman–Crippen LogP) is 4.06. The van der Waals surface area contributed by atoms with E-state index in [-0.39, 0.29) is 11.3 Å². The molecular weight excluding hydrogens is 328 g/mol. The van der Waals surface area contributed by atoms with Crippen molar-refractivity contribution in [3.05, 3.63) is 47.5 Å². The van der Waals surface area contributed by atoms with Crippen molar-refractivity contribution in [2.75, 3.05) is 31.9 Å². The van der Waals surface area contributed by atoms with Crippen LogP contribution in [-0.4, -0.2) is 47.6 Å². The van der Waals surface area contributed by atoms with E-state index in [1.165, 1.54) is 0 Å². The van der Waals surface area contributed by atoms with Gasteiger partial charge in [-0.2, -0.15) is 0 Å². The Labute approximate surface area is 148 Å². The fraction of sp³-hybridized carbons (Fsp3) is 0.500. The quantitative estimate of drug-likeness (QED) is 0.691. The highest BCUT2D eigenvalue weighted by molar-refractivity contribution is 7.99. The molecule has 0 bridgehead atoms. The fourth-order valence-corrected chi connectivity index (χ4v) is 4.46. The van der Waals surface area contributed by atoms with Crippen molar-refractivity contribution in [3.63, 3.8) is 0 Å². The Morgan fingerprint density at radius 3 is 2.91 bits per heavy atom. The molecule has 126 valence electrons. The normalized spacial score (nSPS) is 18.0. The van der Waals surface area contributed by atoms with Gasteiger partial charge in [0.05, 0.1) is 6.54 Å². The number of carbonyl (C=O) groups is 1. The van der Waals surface area contributed by atoms with Crippen LogP contribution in [0, 0.1) is 5.92 Å². The Morgan fingerprint density at radius 1 is 1.52 bits per heavy atom. The number of halogens is 1. The molecule has 0 spiro atoms. The summed E-state index contributed by atoms with van der Waals surface area (Å²) >= 11 is 8.11. The Kier molecular flexibility index (Phi) is 7.00. The third kappa shape index (κ3) is 5.00. The Bertz CT molecular complexity index is 550. The average molecular weight is 353 g/mol. The Hall–Kier alpha value is -0.970. The van der Waals surface area contributed by atoms with Crippen molar-refractivity contribution in [1.82, 2.24) is 9.80 Å². The summed E-state index contributed by atoms with van der Waals surface area (Å²) in [4.78, 5) is 16.9. The van der Waals surface area contributed by atoms with Crippen LogP contribution in [-0.2, 0) is 4.79 Å². The smallest absolute Gasteiger partial charge is 0.237 e. The van der Waals surface area contributed by atoms with E-state index in [1.807, 2.05) is 35.2 Å². The second-order valence-corrected chi connectivity index (χ2v) is 7.80. The number of benzene rings is 1. The first-order valence-corrected chi connectivity index (χ1v) is 9.44. The summed E-state index contributed by atoms with van der Waals surface area (Å²) in [7, 11) is 0. The maximum Gasteiger partial charge on any atom is 0.237 e. The molecule has 0 radical (unpaired) electrons. The average Bonchev–Trinajstić information content (AvgIpc) is 2.96. The fourth-order valence-electron chi connectivity index (χ4n) is 2.84. The lowest BCUT2D eigenvalue weighted by molar-refractivity contribution is -0.132. The van der Waals surface area contributed by atoms with Crippen molar-refractivity contribution in [1.29, 1.82) is 0 Å². The Balaban J connectivity index is 2.08. The minimum Gasteiger partial charge on any atom is -0.325 e. The van der Waals surface area contributed by atoms with Gasteiger partial charge in [0.15, 0.2) is 0 Å². The highest BCUT2D eigenvalue weighted by Crippen LogP contribution is 2.40. The van der Waals surface area contributed by atoms with E-state index in [4.69, 9.17) is 11.6 Å². The van der Waals surface area contributed by atoms with Gasteiger partial charge in [0, 0.05) is 36.0 Å². The molecule has 1 aromatic carbocycles. The van der Waals surface area contributed by atoms with Crippen LogP contribution in [0.5, 0.6) is 0 Å². The number of thioether (sulfide) groups is 1. The van der Waals surface area contributed by atoms with Gasteiger partial charge in [0.2, 0.25) is 5.91 Å². The van der Waals surface area contributed by atoms with Gasteiger partial charge in [-0.25, -0.2) is 0 Å². The zero-order valence-corrected chi connectivity index (χ0v) is 15.4. The van der Waals surface area contributed by atoms with Gasteiger partial charge in [-0.3, -0.25) is 9.69 Å². The van der Waals surface area contributed by atoms with Crippen LogP contribution < -0.4 is 0 Å². The maximum atomic E-state index is 12.8. The molecule has 0 saturated carbocycles. The highest BCUT2D eigenvalue weighted by atomic mass is 35.5. The molecule has 1 aromatic rings. The van der Waals surface area contributed by atoms with E-state index in [0.29, 0.717) is 12.5 Å². The van der Waals surface area contributed by atoms with Gasteiger partial charge in [-0.05, 0) is 12.0 Å². The largest absolute Gasteiger partial charge is 0.325 e. The second kappa shape index (κ2) is 8.76. The maximum absolute atomic E-state index is 12.8. The van der Waals surface area contributed by atoms with Crippen molar-refractivity contribution < 1.29 is 4.79 Å².